The van der Waals surface area contributed by atoms with Gasteiger partial charge in [0.2, 0.25) is 0 Å². The Labute approximate surface area is 119 Å². The summed E-state index contributed by atoms with van der Waals surface area (Å²) in [5.41, 5.74) is 5.60. The monoisotopic (exact) mass is 271 g/mol. The van der Waals surface area contributed by atoms with Gasteiger partial charge in [0.25, 0.3) is 0 Å². The van der Waals surface area contributed by atoms with Crippen molar-refractivity contribution in [3.8, 4) is 0 Å². The van der Waals surface area contributed by atoms with Gasteiger partial charge in [-0.15, -0.1) is 0 Å². The van der Waals surface area contributed by atoms with E-state index in [2.05, 4.69) is 38.1 Å². The predicted molar refractivity (Wildman–Crippen MR) is 79.8 cm³/mol. The first-order chi connectivity index (χ1) is 9.47. The van der Waals surface area contributed by atoms with Crippen LogP contribution in [-0.2, 0) is 0 Å². The second kappa shape index (κ2) is 4.65. The van der Waals surface area contributed by atoms with Gasteiger partial charge in [0.15, 0.2) is 0 Å². The summed E-state index contributed by atoms with van der Waals surface area (Å²) in [6, 6.07) is 6.70. The molecule has 1 aromatic rings. The normalized spacial score (nSPS) is 20.5. The van der Waals surface area contributed by atoms with Crippen molar-refractivity contribution in [2.24, 2.45) is 5.41 Å². The van der Waals surface area contributed by atoms with E-state index >= 15 is 0 Å². The van der Waals surface area contributed by atoms with E-state index < -0.39 is 6.09 Å². The average Bonchev–Trinajstić information content (AvgIpc) is 2.34. The smallest absolute Gasteiger partial charge is 0.407 e. The largest absolute Gasteiger partial charge is 0.465 e. The number of carboxylic acid groups (broad SMARTS) is 1. The standard InChI is InChI=1S/C17H21NO2/c1-12-7-13(2)9-15(8-12)14-3-5-17(6-4-14)10-18(11-17)16(19)20/h3,7-9H,4-6,10-11H2,1-2H3,(H,19,20). The van der Waals surface area contributed by atoms with Crippen molar-refractivity contribution in [1.29, 1.82) is 0 Å². The fourth-order valence-corrected chi connectivity index (χ4v) is 3.55. The van der Waals surface area contributed by atoms with Gasteiger partial charge in [-0.1, -0.05) is 35.4 Å². The molecule has 0 aromatic heterocycles. The Morgan fingerprint density at radius 3 is 2.35 bits per heavy atom. The molecule has 0 atom stereocenters. The molecular formula is C17H21NO2. The van der Waals surface area contributed by atoms with E-state index in [9.17, 15) is 4.79 Å². The van der Waals surface area contributed by atoms with Crippen LogP contribution in [0.1, 0.15) is 36.0 Å². The predicted octanol–water partition coefficient (Wildman–Crippen LogP) is 3.85. The van der Waals surface area contributed by atoms with Gasteiger partial charge in [-0.3, -0.25) is 0 Å². The third-order valence-electron chi connectivity index (χ3n) is 4.62. The number of rotatable bonds is 1. The lowest BCUT2D eigenvalue weighted by molar-refractivity contribution is 0.00504. The van der Waals surface area contributed by atoms with Crippen molar-refractivity contribution in [3.05, 3.63) is 41.0 Å². The van der Waals surface area contributed by atoms with Gasteiger partial charge >= 0.3 is 6.09 Å². The SMILES string of the molecule is Cc1cc(C)cc(C2=CCC3(CC2)CN(C(=O)O)C3)c1. The third-order valence-corrected chi connectivity index (χ3v) is 4.62. The number of nitrogens with zero attached hydrogens (tertiary/aromatic N) is 1. The molecule has 1 amide bonds. The van der Waals surface area contributed by atoms with Crippen LogP contribution in [0.15, 0.2) is 24.3 Å². The molecule has 2 aliphatic rings. The molecule has 1 aliphatic heterocycles. The lowest BCUT2D eigenvalue weighted by Crippen LogP contribution is -2.58. The summed E-state index contributed by atoms with van der Waals surface area (Å²) in [5, 5.41) is 8.95. The highest BCUT2D eigenvalue weighted by Gasteiger charge is 2.45. The van der Waals surface area contributed by atoms with Crippen molar-refractivity contribution >= 4 is 11.7 Å². The maximum atomic E-state index is 10.9. The summed E-state index contributed by atoms with van der Waals surface area (Å²) >= 11 is 0. The Bertz CT molecular complexity index is 562. The van der Waals surface area contributed by atoms with E-state index in [-0.39, 0.29) is 5.41 Å². The molecule has 0 saturated carbocycles. The van der Waals surface area contributed by atoms with Crippen LogP contribution in [0, 0.1) is 19.3 Å². The maximum absolute atomic E-state index is 10.9. The Hall–Kier alpha value is -1.77. The minimum Gasteiger partial charge on any atom is -0.465 e. The molecule has 0 bridgehead atoms. The van der Waals surface area contributed by atoms with E-state index in [0.717, 1.165) is 19.3 Å². The molecule has 0 radical (unpaired) electrons. The quantitative estimate of drug-likeness (QED) is 0.842. The average molecular weight is 271 g/mol. The molecule has 106 valence electrons. The van der Waals surface area contributed by atoms with Crippen molar-refractivity contribution in [1.82, 2.24) is 4.90 Å². The molecule has 1 fully saturated rings. The second-order valence-corrected chi connectivity index (χ2v) is 6.45. The first-order valence-electron chi connectivity index (χ1n) is 7.23. The van der Waals surface area contributed by atoms with Crippen LogP contribution in [0.25, 0.3) is 5.57 Å². The highest BCUT2D eigenvalue weighted by molar-refractivity contribution is 5.69. The Balaban J connectivity index is 1.73. The summed E-state index contributed by atoms with van der Waals surface area (Å²) in [6.45, 7) is 5.69. The summed E-state index contributed by atoms with van der Waals surface area (Å²) in [7, 11) is 0. The van der Waals surface area contributed by atoms with Gasteiger partial charge in [-0.05, 0) is 44.2 Å². The number of amides is 1. The molecular weight excluding hydrogens is 250 g/mol. The minimum absolute atomic E-state index is 0.223. The van der Waals surface area contributed by atoms with Crippen LogP contribution >= 0.6 is 0 Å². The molecule has 1 N–H and O–H groups in total. The van der Waals surface area contributed by atoms with Gasteiger partial charge in [-0.25, -0.2) is 4.79 Å². The molecule has 1 aliphatic carbocycles. The van der Waals surface area contributed by atoms with Crippen LogP contribution in [0.5, 0.6) is 0 Å². The van der Waals surface area contributed by atoms with Gasteiger partial charge in [0, 0.05) is 18.5 Å². The van der Waals surface area contributed by atoms with Crippen LogP contribution in [0.4, 0.5) is 4.79 Å². The first-order valence-corrected chi connectivity index (χ1v) is 7.23. The topological polar surface area (TPSA) is 40.5 Å². The van der Waals surface area contributed by atoms with Crippen molar-refractivity contribution < 1.29 is 9.90 Å². The summed E-state index contributed by atoms with van der Waals surface area (Å²) in [5.74, 6) is 0. The van der Waals surface area contributed by atoms with E-state index in [0.29, 0.717) is 13.1 Å². The number of carbonyl (C=O) groups is 1. The van der Waals surface area contributed by atoms with Crippen LogP contribution in [-0.4, -0.2) is 29.2 Å². The van der Waals surface area contributed by atoms with Crippen LogP contribution in [0.2, 0.25) is 0 Å². The van der Waals surface area contributed by atoms with E-state index in [1.54, 1.807) is 0 Å². The second-order valence-electron chi connectivity index (χ2n) is 6.45. The zero-order valence-corrected chi connectivity index (χ0v) is 12.1. The van der Waals surface area contributed by atoms with Gasteiger partial charge in [0.05, 0.1) is 0 Å². The Morgan fingerprint density at radius 1 is 1.20 bits per heavy atom. The van der Waals surface area contributed by atoms with Crippen LogP contribution in [0.3, 0.4) is 0 Å². The molecule has 3 nitrogen and oxygen atoms in total. The molecule has 20 heavy (non-hydrogen) atoms. The van der Waals surface area contributed by atoms with Gasteiger partial charge < -0.3 is 10.0 Å². The molecule has 0 unspecified atom stereocenters. The minimum atomic E-state index is -0.778. The molecule has 1 saturated heterocycles. The van der Waals surface area contributed by atoms with E-state index in [4.69, 9.17) is 5.11 Å². The number of allylic oxidation sites excluding steroid dienone is 2. The molecule has 1 aromatic carbocycles. The lowest BCUT2D eigenvalue weighted by Gasteiger charge is -2.50. The van der Waals surface area contributed by atoms with Gasteiger partial charge in [-0.2, -0.15) is 0 Å². The summed E-state index contributed by atoms with van der Waals surface area (Å²) < 4.78 is 0. The highest BCUT2D eigenvalue weighted by Crippen LogP contribution is 2.45. The van der Waals surface area contributed by atoms with Crippen molar-refractivity contribution in [2.75, 3.05) is 13.1 Å². The number of likely N-dealkylation sites (tertiary alicyclic amines) is 1. The summed E-state index contributed by atoms with van der Waals surface area (Å²) in [6.07, 6.45) is 4.74. The molecule has 1 heterocycles. The first kappa shape index (κ1) is 13.2. The highest BCUT2D eigenvalue weighted by atomic mass is 16.4. The maximum Gasteiger partial charge on any atom is 0.407 e. The van der Waals surface area contributed by atoms with Crippen molar-refractivity contribution in [3.63, 3.8) is 0 Å². The number of benzene rings is 1. The third kappa shape index (κ3) is 2.33. The molecule has 3 rings (SSSR count). The Kier molecular flexibility index (Phi) is 3.08. The number of hydrogen-bond donors (Lipinski definition) is 1. The van der Waals surface area contributed by atoms with E-state index in [1.807, 2.05) is 0 Å². The number of hydrogen-bond acceptors (Lipinski definition) is 1. The fourth-order valence-electron chi connectivity index (χ4n) is 3.55. The van der Waals surface area contributed by atoms with Crippen LogP contribution < -0.4 is 0 Å². The molecule has 1 spiro atoms. The fraction of sp³-hybridized carbons (Fsp3) is 0.471. The van der Waals surface area contributed by atoms with E-state index in [1.165, 1.54) is 27.2 Å². The molecule has 3 heteroatoms. The van der Waals surface area contributed by atoms with Crippen molar-refractivity contribution in [2.45, 2.75) is 33.1 Å². The number of aryl methyl sites for hydroxylation is 2. The Morgan fingerprint density at radius 2 is 1.85 bits per heavy atom. The zero-order valence-electron chi connectivity index (χ0n) is 12.1. The summed E-state index contributed by atoms with van der Waals surface area (Å²) in [4.78, 5) is 12.4. The zero-order chi connectivity index (χ0) is 14.3. The van der Waals surface area contributed by atoms with Gasteiger partial charge in [0.1, 0.15) is 0 Å². The lowest BCUT2D eigenvalue weighted by atomic mass is 9.69.